The van der Waals surface area contributed by atoms with Gasteiger partial charge >= 0.3 is 0 Å². The second-order valence-corrected chi connectivity index (χ2v) is 4.59. The van der Waals surface area contributed by atoms with E-state index in [1.54, 1.807) is 0 Å². The number of amides is 1. The lowest BCUT2D eigenvalue weighted by atomic mass is 9.89. The van der Waals surface area contributed by atoms with Gasteiger partial charge in [-0.2, -0.15) is 0 Å². The number of hydrogen-bond acceptors (Lipinski definition) is 1. The first-order valence-electron chi connectivity index (χ1n) is 6.41. The molecule has 0 bridgehead atoms. The fraction of sp³-hybridized carbons (Fsp3) is 0.923. The highest BCUT2D eigenvalue weighted by atomic mass is 16.1. The van der Waals surface area contributed by atoms with Gasteiger partial charge in [-0.05, 0) is 19.3 Å². The van der Waals surface area contributed by atoms with Crippen molar-refractivity contribution in [2.24, 2.45) is 11.8 Å². The molecule has 15 heavy (non-hydrogen) atoms. The van der Waals surface area contributed by atoms with Gasteiger partial charge in [0, 0.05) is 12.5 Å². The molecule has 0 aliphatic rings. The van der Waals surface area contributed by atoms with Gasteiger partial charge in [-0.25, -0.2) is 0 Å². The fourth-order valence-corrected chi connectivity index (χ4v) is 1.86. The predicted octanol–water partition coefficient (Wildman–Crippen LogP) is 3.37. The van der Waals surface area contributed by atoms with Crippen molar-refractivity contribution < 1.29 is 4.79 Å². The quantitative estimate of drug-likeness (QED) is 0.615. The monoisotopic (exact) mass is 213 g/mol. The minimum absolute atomic E-state index is 0.210. The number of carbonyl (C=O) groups excluding carboxylic acids is 1. The van der Waals surface area contributed by atoms with Crippen molar-refractivity contribution >= 4 is 5.91 Å². The molecule has 2 heteroatoms. The van der Waals surface area contributed by atoms with Crippen molar-refractivity contribution in [3.8, 4) is 0 Å². The summed E-state index contributed by atoms with van der Waals surface area (Å²) < 4.78 is 0. The summed E-state index contributed by atoms with van der Waals surface area (Å²) in [6.07, 6.45) is 6.05. The van der Waals surface area contributed by atoms with Crippen LogP contribution in [-0.2, 0) is 4.79 Å². The first-order valence-corrected chi connectivity index (χ1v) is 6.41. The molecule has 0 aromatic heterocycles. The van der Waals surface area contributed by atoms with E-state index in [1.807, 2.05) is 6.92 Å². The van der Waals surface area contributed by atoms with Crippen LogP contribution in [0.4, 0.5) is 0 Å². The van der Waals surface area contributed by atoms with Crippen LogP contribution in [0.5, 0.6) is 0 Å². The zero-order valence-corrected chi connectivity index (χ0v) is 10.8. The third-order valence-electron chi connectivity index (χ3n) is 2.86. The van der Waals surface area contributed by atoms with E-state index in [9.17, 15) is 4.79 Å². The van der Waals surface area contributed by atoms with Crippen LogP contribution in [0.2, 0.25) is 0 Å². The molecule has 90 valence electrons. The van der Waals surface area contributed by atoms with Gasteiger partial charge in [0.15, 0.2) is 0 Å². The molecule has 0 aliphatic carbocycles. The number of hydrogen-bond donors (Lipinski definition) is 1. The first-order chi connectivity index (χ1) is 7.13. The molecule has 0 saturated heterocycles. The normalized spacial score (nSPS) is 12.9. The van der Waals surface area contributed by atoms with Crippen molar-refractivity contribution in [3.63, 3.8) is 0 Å². The van der Waals surface area contributed by atoms with Crippen LogP contribution >= 0.6 is 0 Å². The van der Waals surface area contributed by atoms with E-state index < -0.39 is 0 Å². The number of nitrogens with one attached hydrogen (secondary N) is 1. The summed E-state index contributed by atoms with van der Waals surface area (Å²) in [5, 5.41) is 2.93. The van der Waals surface area contributed by atoms with Crippen molar-refractivity contribution in [2.45, 2.75) is 59.8 Å². The Labute approximate surface area is 94.8 Å². The third-order valence-corrected chi connectivity index (χ3v) is 2.86. The van der Waals surface area contributed by atoms with Crippen molar-refractivity contribution in [2.75, 3.05) is 6.54 Å². The minimum atomic E-state index is 0.210. The molecule has 0 radical (unpaired) electrons. The van der Waals surface area contributed by atoms with Gasteiger partial charge in [-0.1, -0.05) is 46.5 Å². The standard InChI is InChI=1S/C13H27NO/c1-5-7-8-9-10-12(11(3)4)13(15)14-6-2/h11-12H,5-10H2,1-4H3,(H,14,15). The first kappa shape index (κ1) is 14.5. The maximum absolute atomic E-state index is 11.7. The zero-order valence-electron chi connectivity index (χ0n) is 10.8. The second-order valence-electron chi connectivity index (χ2n) is 4.59. The second kappa shape index (κ2) is 8.75. The average Bonchev–Trinajstić information content (AvgIpc) is 2.17. The predicted molar refractivity (Wildman–Crippen MR) is 65.8 cm³/mol. The Morgan fingerprint density at radius 1 is 1.13 bits per heavy atom. The zero-order chi connectivity index (χ0) is 11.7. The van der Waals surface area contributed by atoms with Gasteiger partial charge < -0.3 is 5.32 Å². The molecular weight excluding hydrogens is 186 g/mol. The lowest BCUT2D eigenvalue weighted by Crippen LogP contribution is -2.33. The molecular formula is C13H27NO. The molecule has 2 nitrogen and oxygen atoms in total. The molecule has 0 fully saturated rings. The van der Waals surface area contributed by atoms with Crippen LogP contribution in [0.3, 0.4) is 0 Å². The van der Waals surface area contributed by atoms with Crippen LogP contribution in [0.25, 0.3) is 0 Å². The van der Waals surface area contributed by atoms with Crippen molar-refractivity contribution in [1.29, 1.82) is 0 Å². The number of carbonyl (C=O) groups is 1. The van der Waals surface area contributed by atoms with Gasteiger partial charge in [-0.15, -0.1) is 0 Å². The Bertz CT molecular complexity index is 166. The molecule has 1 N–H and O–H groups in total. The van der Waals surface area contributed by atoms with E-state index in [0.717, 1.165) is 13.0 Å². The summed E-state index contributed by atoms with van der Waals surface area (Å²) in [6.45, 7) is 9.21. The molecule has 1 amide bonds. The molecule has 0 saturated carbocycles. The maximum atomic E-state index is 11.7. The maximum Gasteiger partial charge on any atom is 0.223 e. The summed E-state index contributed by atoms with van der Waals surface area (Å²) in [4.78, 5) is 11.7. The number of rotatable bonds is 8. The molecule has 1 unspecified atom stereocenters. The van der Waals surface area contributed by atoms with Gasteiger partial charge in [-0.3, -0.25) is 4.79 Å². The molecule has 0 spiro atoms. The van der Waals surface area contributed by atoms with Crippen LogP contribution in [0.1, 0.15) is 59.8 Å². The molecule has 0 heterocycles. The summed E-state index contributed by atoms with van der Waals surface area (Å²) in [7, 11) is 0. The minimum Gasteiger partial charge on any atom is -0.356 e. The van der Waals surface area contributed by atoms with Gasteiger partial charge in [0.25, 0.3) is 0 Å². The van der Waals surface area contributed by atoms with Crippen LogP contribution < -0.4 is 5.32 Å². The van der Waals surface area contributed by atoms with Crippen molar-refractivity contribution in [1.82, 2.24) is 5.32 Å². The summed E-state index contributed by atoms with van der Waals surface area (Å²) in [6, 6.07) is 0. The van der Waals surface area contributed by atoms with E-state index >= 15 is 0 Å². The van der Waals surface area contributed by atoms with E-state index in [0.29, 0.717) is 5.92 Å². The van der Waals surface area contributed by atoms with Crippen molar-refractivity contribution in [3.05, 3.63) is 0 Å². The van der Waals surface area contributed by atoms with Crippen LogP contribution in [0.15, 0.2) is 0 Å². The van der Waals surface area contributed by atoms with Gasteiger partial charge in [0.05, 0.1) is 0 Å². The van der Waals surface area contributed by atoms with Gasteiger partial charge in [0.2, 0.25) is 5.91 Å². The lowest BCUT2D eigenvalue weighted by molar-refractivity contribution is -0.126. The molecule has 1 atom stereocenters. The summed E-state index contributed by atoms with van der Waals surface area (Å²) in [5.74, 6) is 0.906. The smallest absolute Gasteiger partial charge is 0.223 e. The SMILES string of the molecule is CCCCCCC(C(=O)NCC)C(C)C. The lowest BCUT2D eigenvalue weighted by Gasteiger charge is -2.19. The van der Waals surface area contributed by atoms with E-state index in [2.05, 4.69) is 26.1 Å². The van der Waals surface area contributed by atoms with Crippen LogP contribution in [-0.4, -0.2) is 12.5 Å². The Morgan fingerprint density at radius 3 is 2.27 bits per heavy atom. The van der Waals surface area contributed by atoms with Crippen LogP contribution in [0, 0.1) is 11.8 Å². The Balaban J connectivity index is 3.88. The fourth-order valence-electron chi connectivity index (χ4n) is 1.86. The highest BCUT2D eigenvalue weighted by molar-refractivity contribution is 5.78. The van der Waals surface area contributed by atoms with Gasteiger partial charge in [0.1, 0.15) is 0 Å². The van der Waals surface area contributed by atoms with E-state index in [-0.39, 0.29) is 11.8 Å². The largest absolute Gasteiger partial charge is 0.356 e. The molecule has 0 aromatic rings. The molecule has 0 aliphatic heterocycles. The Kier molecular flexibility index (Phi) is 8.44. The van der Waals surface area contributed by atoms with E-state index in [4.69, 9.17) is 0 Å². The Morgan fingerprint density at radius 2 is 1.80 bits per heavy atom. The topological polar surface area (TPSA) is 29.1 Å². The Hall–Kier alpha value is -0.530. The molecule has 0 aromatic carbocycles. The number of unbranched alkanes of at least 4 members (excludes halogenated alkanes) is 3. The summed E-state index contributed by atoms with van der Waals surface area (Å²) in [5.41, 5.74) is 0. The summed E-state index contributed by atoms with van der Waals surface area (Å²) >= 11 is 0. The third kappa shape index (κ3) is 6.53. The highest BCUT2D eigenvalue weighted by Gasteiger charge is 2.20. The molecule has 0 rings (SSSR count). The average molecular weight is 213 g/mol. The van der Waals surface area contributed by atoms with E-state index in [1.165, 1.54) is 25.7 Å². The highest BCUT2D eigenvalue weighted by Crippen LogP contribution is 2.19.